The second-order valence-electron chi connectivity index (χ2n) is 6.66. The van der Waals surface area contributed by atoms with Crippen LogP contribution < -0.4 is 10.1 Å². The average Bonchev–Trinajstić information content (AvgIpc) is 3.01. The number of anilines is 1. The normalized spacial score (nSPS) is 10.8. The zero-order chi connectivity index (χ0) is 21.0. The van der Waals surface area contributed by atoms with Gasteiger partial charge in [0.25, 0.3) is 0 Å². The average molecular weight is 400 g/mol. The maximum absolute atomic E-state index is 12.7. The Labute approximate surface area is 167 Å². The summed E-state index contributed by atoms with van der Waals surface area (Å²) >= 11 is 0. The molecule has 3 rings (SSSR count). The highest BCUT2D eigenvalue weighted by atomic mass is 19.3. The van der Waals surface area contributed by atoms with Crippen LogP contribution in [-0.2, 0) is 6.54 Å². The summed E-state index contributed by atoms with van der Waals surface area (Å²) in [6.07, 6.45) is 0. The van der Waals surface area contributed by atoms with Crippen LogP contribution in [0.15, 0.2) is 54.6 Å². The summed E-state index contributed by atoms with van der Waals surface area (Å²) < 4.78 is 30.6. The summed E-state index contributed by atoms with van der Waals surface area (Å²) in [6, 6.07) is 15.3. The number of hydrogen-bond donors (Lipinski definition) is 1. The van der Waals surface area contributed by atoms with Crippen LogP contribution in [0.3, 0.4) is 0 Å². The van der Waals surface area contributed by atoms with Crippen molar-refractivity contribution in [1.29, 1.82) is 0 Å². The molecule has 0 bridgehead atoms. The van der Waals surface area contributed by atoms with Crippen molar-refractivity contribution in [3.05, 3.63) is 71.5 Å². The molecule has 2 amide bonds. The van der Waals surface area contributed by atoms with E-state index in [2.05, 4.69) is 15.2 Å². The number of nitrogens with one attached hydrogen (secondary N) is 1. The molecule has 0 aliphatic carbocycles. The quantitative estimate of drug-likeness (QED) is 0.649. The summed E-state index contributed by atoms with van der Waals surface area (Å²) in [5.74, 6) is 0.0784. The van der Waals surface area contributed by atoms with Crippen molar-refractivity contribution in [1.82, 2.24) is 14.7 Å². The van der Waals surface area contributed by atoms with Gasteiger partial charge in [-0.05, 0) is 49.7 Å². The maximum Gasteiger partial charge on any atom is 0.387 e. The molecule has 0 spiro atoms. The molecule has 0 aliphatic heterocycles. The molecule has 0 saturated carbocycles. The van der Waals surface area contributed by atoms with E-state index in [0.29, 0.717) is 12.2 Å². The van der Waals surface area contributed by atoms with E-state index < -0.39 is 6.61 Å². The Balaban J connectivity index is 1.70. The van der Waals surface area contributed by atoms with Crippen LogP contribution in [0.25, 0.3) is 5.69 Å². The smallest absolute Gasteiger partial charge is 0.387 e. The highest BCUT2D eigenvalue weighted by Gasteiger charge is 2.14. The Morgan fingerprint density at radius 2 is 1.86 bits per heavy atom. The number of aryl methyl sites for hydroxylation is 2. The molecule has 0 aliphatic rings. The van der Waals surface area contributed by atoms with Gasteiger partial charge < -0.3 is 15.0 Å². The van der Waals surface area contributed by atoms with Crippen molar-refractivity contribution in [3.63, 3.8) is 0 Å². The van der Waals surface area contributed by atoms with E-state index in [9.17, 15) is 13.6 Å². The second kappa shape index (κ2) is 8.72. The number of amides is 2. The monoisotopic (exact) mass is 400 g/mol. The lowest BCUT2D eigenvalue weighted by Gasteiger charge is -2.20. The van der Waals surface area contributed by atoms with Crippen LogP contribution in [0.2, 0.25) is 0 Å². The van der Waals surface area contributed by atoms with E-state index in [1.807, 2.05) is 44.2 Å². The Hall–Kier alpha value is -3.42. The number of alkyl halides is 2. The Morgan fingerprint density at radius 3 is 2.48 bits per heavy atom. The number of rotatable bonds is 6. The molecule has 0 saturated heterocycles. The van der Waals surface area contributed by atoms with Gasteiger partial charge in [-0.15, -0.1) is 0 Å². The number of carbonyl (C=O) groups excluding carboxylic acids is 1. The third-order valence-electron chi connectivity index (χ3n) is 4.30. The second-order valence-corrected chi connectivity index (χ2v) is 6.66. The van der Waals surface area contributed by atoms with Gasteiger partial charge in [-0.25, -0.2) is 9.48 Å². The fourth-order valence-electron chi connectivity index (χ4n) is 2.97. The predicted octanol–water partition coefficient (Wildman–Crippen LogP) is 4.75. The third kappa shape index (κ3) is 5.10. The Bertz CT molecular complexity index is 987. The zero-order valence-electron chi connectivity index (χ0n) is 16.4. The van der Waals surface area contributed by atoms with Crippen molar-refractivity contribution in [2.45, 2.75) is 27.0 Å². The molecule has 1 N–H and O–H groups in total. The summed E-state index contributed by atoms with van der Waals surface area (Å²) in [5, 5.41) is 7.38. The highest BCUT2D eigenvalue weighted by molar-refractivity contribution is 5.91. The number of carbonyl (C=O) groups is 1. The first-order chi connectivity index (χ1) is 13.8. The van der Waals surface area contributed by atoms with Crippen molar-refractivity contribution in [2.24, 2.45) is 0 Å². The van der Waals surface area contributed by atoms with Gasteiger partial charge in [-0.3, -0.25) is 0 Å². The maximum atomic E-state index is 12.7. The van der Waals surface area contributed by atoms with Gasteiger partial charge >= 0.3 is 12.6 Å². The van der Waals surface area contributed by atoms with Gasteiger partial charge in [-0.1, -0.05) is 24.3 Å². The third-order valence-corrected chi connectivity index (χ3v) is 4.30. The lowest BCUT2D eigenvalue weighted by atomic mass is 10.2. The van der Waals surface area contributed by atoms with Crippen LogP contribution in [0, 0.1) is 13.8 Å². The molecule has 6 nitrogen and oxygen atoms in total. The molecule has 1 heterocycles. The molecular formula is C21H22F2N4O2. The standard InChI is InChI=1S/C21H22F2N4O2/c1-14-12-15(2)27(25-14)19-7-5-4-6-18(19)24-21(28)26(3)13-16-8-10-17(11-9-16)29-20(22)23/h4-12,20H,13H2,1-3H3,(H,24,28). The molecular weight excluding hydrogens is 378 g/mol. The lowest BCUT2D eigenvalue weighted by Crippen LogP contribution is -2.31. The van der Waals surface area contributed by atoms with Gasteiger partial charge in [0.2, 0.25) is 0 Å². The van der Waals surface area contributed by atoms with E-state index in [1.54, 1.807) is 23.9 Å². The van der Waals surface area contributed by atoms with Crippen molar-refractivity contribution >= 4 is 11.7 Å². The number of urea groups is 1. The van der Waals surface area contributed by atoms with E-state index in [0.717, 1.165) is 22.6 Å². The predicted molar refractivity (Wildman–Crippen MR) is 107 cm³/mol. The number of hydrogen-bond acceptors (Lipinski definition) is 3. The fraction of sp³-hybridized carbons (Fsp3) is 0.238. The summed E-state index contributed by atoms with van der Waals surface area (Å²) in [5.41, 5.74) is 4.05. The molecule has 3 aromatic rings. The number of para-hydroxylation sites is 2. The summed E-state index contributed by atoms with van der Waals surface area (Å²) in [4.78, 5) is 14.2. The van der Waals surface area contributed by atoms with Gasteiger partial charge in [0.1, 0.15) is 5.75 Å². The van der Waals surface area contributed by atoms with Crippen LogP contribution in [-0.4, -0.2) is 34.4 Å². The molecule has 0 unspecified atom stereocenters. The zero-order valence-corrected chi connectivity index (χ0v) is 16.4. The van der Waals surface area contributed by atoms with Crippen molar-refractivity contribution in [3.8, 4) is 11.4 Å². The summed E-state index contributed by atoms with van der Waals surface area (Å²) in [6.45, 7) is 1.31. The first-order valence-corrected chi connectivity index (χ1v) is 9.02. The highest BCUT2D eigenvalue weighted by Crippen LogP contribution is 2.22. The van der Waals surface area contributed by atoms with E-state index in [4.69, 9.17) is 0 Å². The van der Waals surface area contributed by atoms with Crippen LogP contribution in [0.4, 0.5) is 19.3 Å². The van der Waals surface area contributed by atoms with Crippen LogP contribution >= 0.6 is 0 Å². The molecule has 152 valence electrons. The van der Waals surface area contributed by atoms with Gasteiger partial charge in [0.15, 0.2) is 0 Å². The molecule has 2 aromatic carbocycles. The first-order valence-electron chi connectivity index (χ1n) is 9.02. The SMILES string of the molecule is Cc1cc(C)n(-c2ccccc2NC(=O)N(C)Cc2ccc(OC(F)F)cc2)n1. The molecule has 8 heteroatoms. The van der Waals surface area contributed by atoms with E-state index in [1.165, 1.54) is 17.0 Å². The van der Waals surface area contributed by atoms with E-state index in [-0.39, 0.29) is 11.8 Å². The number of benzene rings is 2. The Morgan fingerprint density at radius 1 is 1.17 bits per heavy atom. The van der Waals surface area contributed by atoms with Crippen molar-refractivity contribution in [2.75, 3.05) is 12.4 Å². The Kier molecular flexibility index (Phi) is 6.11. The van der Waals surface area contributed by atoms with Crippen LogP contribution in [0.5, 0.6) is 5.75 Å². The first kappa shape index (κ1) is 20.3. The number of ether oxygens (including phenoxy) is 1. The molecule has 0 radical (unpaired) electrons. The minimum atomic E-state index is -2.86. The lowest BCUT2D eigenvalue weighted by molar-refractivity contribution is -0.0498. The van der Waals surface area contributed by atoms with Gasteiger partial charge in [-0.2, -0.15) is 13.9 Å². The number of aromatic nitrogens is 2. The number of halogens is 2. The van der Waals surface area contributed by atoms with Crippen molar-refractivity contribution < 1.29 is 18.3 Å². The minimum Gasteiger partial charge on any atom is -0.435 e. The molecule has 1 aromatic heterocycles. The van der Waals surface area contributed by atoms with E-state index >= 15 is 0 Å². The molecule has 29 heavy (non-hydrogen) atoms. The van der Waals surface area contributed by atoms with Gasteiger partial charge in [0, 0.05) is 19.3 Å². The summed E-state index contributed by atoms with van der Waals surface area (Å²) in [7, 11) is 1.66. The van der Waals surface area contributed by atoms with Crippen LogP contribution in [0.1, 0.15) is 17.0 Å². The number of nitrogens with zero attached hydrogens (tertiary/aromatic N) is 3. The fourth-order valence-corrected chi connectivity index (χ4v) is 2.97. The minimum absolute atomic E-state index is 0.0784. The molecule has 0 fully saturated rings. The molecule has 0 atom stereocenters. The largest absolute Gasteiger partial charge is 0.435 e. The van der Waals surface area contributed by atoms with Gasteiger partial charge in [0.05, 0.1) is 17.1 Å². The topological polar surface area (TPSA) is 59.4 Å².